The summed E-state index contributed by atoms with van der Waals surface area (Å²) in [5, 5.41) is 8.61. The normalized spacial score (nSPS) is 11.5. The molecule has 1 aromatic carbocycles. The van der Waals surface area contributed by atoms with E-state index in [4.69, 9.17) is 4.52 Å². The molecule has 1 N–H and O–H groups in total. The van der Waals surface area contributed by atoms with Gasteiger partial charge in [0.2, 0.25) is 11.7 Å². The standard InChI is InChI=1S/C19H18F3N3O2S/c20-19(21,22)14-9-7-13(8-10-14)18(26)23-11-3-1-2-6-16-24-17(25-27-16)15-5-4-12-28-15/h4-5,7-10,12H,1-3,6,11H2,(H,23,26). The minimum atomic E-state index is -4.40. The van der Waals surface area contributed by atoms with Gasteiger partial charge in [-0.1, -0.05) is 17.6 Å². The van der Waals surface area contributed by atoms with Gasteiger partial charge in [0.1, 0.15) is 0 Å². The van der Waals surface area contributed by atoms with Crippen LogP contribution in [0.3, 0.4) is 0 Å². The molecule has 28 heavy (non-hydrogen) atoms. The molecule has 148 valence electrons. The van der Waals surface area contributed by atoms with Crippen LogP contribution in [0, 0.1) is 0 Å². The Balaban J connectivity index is 1.34. The lowest BCUT2D eigenvalue weighted by Crippen LogP contribution is -2.24. The number of hydrogen-bond acceptors (Lipinski definition) is 5. The van der Waals surface area contributed by atoms with Crippen molar-refractivity contribution in [1.82, 2.24) is 15.5 Å². The first-order valence-electron chi connectivity index (χ1n) is 8.75. The second-order valence-electron chi connectivity index (χ2n) is 6.13. The van der Waals surface area contributed by atoms with E-state index in [1.165, 1.54) is 12.1 Å². The van der Waals surface area contributed by atoms with E-state index in [0.717, 1.165) is 36.3 Å². The van der Waals surface area contributed by atoms with Crippen LogP contribution in [0.4, 0.5) is 13.2 Å². The molecule has 3 rings (SSSR count). The highest BCUT2D eigenvalue weighted by Gasteiger charge is 2.30. The minimum absolute atomic E-state index is 0.208. The summed E-state index contributed by atoms with van der Waals surface area (Å²) in [5.74, 6) is 0.789. The summed E-state index contributed by atoms with van der Waals surface area (Å²) < 4.78 is 42.8. The van der Waals surface area contributed by atoms with Gasteiger partial charge in [-0.3, -0.25) is 4.79 Å². The third-order valence-electron chi connectivity index (χ3n) is 4.04. The highest BCUT2D eigenvalue weighted by molar-refractivity contribution is 7.13. The van der Waals surface area contributed by atoms with Crippen LogP contribution in [0.15, 0.2) is 46.3 Å². The number of nitrogens with zero attached hydrogens (tertiary/aromatic N) is 2. The van der Waals surface area contributed by atoms with Crippen molar-refractivity contribution in [3.05, 3.63) is 58.8 Å². The van der Waals surface area contributed by atoms with Crippen LogP contribution in [0.2, 0.25) is 0 Å². The first-order valence-corrected chi connectivity index (χ1v) is 9.63. The molecule has 2 heterocycles. The number of thiophene rings is 1. The number of halogens is 3. The summed E-state index contributed by atoms with van der Waals surface area (Å²) >= 11 is 1.55. The zero-order valence-electron chi connectivity index (χ0n) is 14.8. The lowest BCUT2D eigenvalue weighted by Gasteiger charge is -2.08. The molecule has 9 heteroatoms. The van der Waals surface area contributed by atoms with Crippen molar-refractivity contribution in [2.45, 2.75) is 31.9 Å². The van der Waals surface area contributed by atoms with E-state index in [0.29, 0.717) is 24.7 Å². The lowest BCUT2D eigenvalue weighted by atomic mass is 10.1. The number of carbonyl (C=O) groups is 1. The van der Waals surface area contributed by atoms with Gasteiger partial charge in [-0.15, -0.1) is 11.3 Å². The zero-order valence-corrected chi connectivity index (χ0v) is 15.6. The van der Waals surface area contributed by atoms with Crippen LogP contribution in [0.1, 0.15) is 41.1 Å². The third-order valence-corrected chi connectivity index (χ3v) is 4.90. The molecule has 5 nitrogen and oxygen atoms in total. The molecule has 0 aliphatic rings. The molecule has 0 fully saturated rings. The third kappa shape index (κ3) is 5.41. The first kappa shape index (κ1) is 20.1. The van der Waals surface area contributed by atoms with Crippen molar-refractivity contribution in [1.29, 1.82) is 0 Å². The first-order chi connectivity index (χ1) is 13.4. The van der Waals surface area contributed by atoms with E-state index in [1.807, 2.05) is 17.5 Å². The highest BCUT2D eigenvalue weighted by atomic mass is 32.1. The van der Waals surface area contributed by atoms with Crippen molar-refractivity contribution in [2.24, 2.45) is 0 Å². The maximum absolute atomic E-state index is 12.5. The van der Waals surface area contributed by atoms with Crippen LogP contribution in [0.5, 0.6) is 0 Å². The fraction of sp³-hybridized carbons (Fsp3) is 0.316. The summed E-state index contributed by atoms with van der Waals surface area (Å²) in [5.41, 5.74) is -0.563. The number of hydrogen-bond donors (Lipinski definition) is 1. The summed E-state index contributed by atoms with van der Waals surface area (Å²) in [6, 6.07) is 8.03. The number of unbranched alkanes of at least 4 members (excludes halogenated alkanes) is 2. The topological polar surface area (TPSA) is 68.0 Å². The maximum atomic E-state index is 12.5. The van der Waals surface area contributed by atoms with E-state index in [9.17, 15) is 18.0 Å². The fourth-order valence-electron chi connectivity index (χ4n) is 2.55. The van der Waals surface area contributed by atoms with Crippen LogP contribution < -0.4 is 5.32 Å². The Morgan fingerprint density at radius 1 is 1.11 bits per heavy atom. The number of aryl methyl sites for hydroxylation is 1. The molecule has 0 saturated carbocycles. The summed E-state index contributed by atoms with van der Waals surface area (Å²) in [6.07, 6.45) is -1.31. The average Bonchev–Trinajstić information content (AvgIpc) is 3.35. The summed E-state index contributed by atoms with van der Waals surface area (Å²) in [4.78, 5) is 17.3. The number of nitrogens with one attached hydrogen (secondary N) is 1. The molecule has 3 aromatic rings. The number of aromatic nitrogens is 2. The number of benzene rings is 1. The monoisotopic (exact) mass is 409 g/mol. The van der Waals surface area contributed by atoms with Crippen molar-refractivity contribution in [3.8, 4) is 10.7 Å². The average molecular weight is 409 g/mol. The Kier molecular flexibility index (Phi) is 6.45. The molecule has 0 spiro atoms. The van der Waals surface area contributed by atoms with Crippen molar-refractivity contribution in [2.75, 3.05) is 6.54 Å². The number of amides is 1. The summed E-state index contributed by atoms with van der Waals surface area (Å²) in [7, 11) is 0. The smallest absolute Gasteiger partial charge is 0.352 e. The molecule has 0 aliphatic heterocycles. The van der Waals surface area contributed by atoms with E-state index >= 15 is 0 Å². The van der Waals surface area contributed by atoms with Crippen molar-refractivity contribution in [3.63, 3.8) is 0 Å². The van der Waals surface area contributed by atoms with Gasteiger partial charge in [-0.2, -0.15) is 18.2 Å². The molecule has 0 bridgehead atoms. The maximum Gasteiger partial charge on any atom is 0.416 e. The van der Waals surface area contributed by atoms with Crippen LogP contribution in [-0.2, 0) is 12.6 Å². The molecule has 0 unspecified atom stereocenters. The molecule has 2 aromatic heterocycles. The molecular weight excluding hydrogens is 391 g/mol. The molecular formula is C19H18F3N3O2S. The SMILES string of the molecule is O=C(NCCCCCc1nc(-c2cccs2)no1)c1ccc(C(F)(F)F)cc1. The van der Waals surface area contributed by atoms with Crippen LogP contribution in [-0.4, -0.2) is 22.6 Å². The second-order valence-corrected chi connectivity index (χ2v) is 7.08. The number of rotatable bonds is 8. The Hall–Kier alpha value is -2.68. The fourth-order valence-corrected chi connectivity index (χ4v) is 3.20. The zero-order chi connectivity index (χ0) is 20.0. The Morgan fingerprint density at radius 2 is 1.89 bits per heavy atom. The summed E-state index contributed by atoms with van der Waals surface area (Å²) in [6.45, 7) is 0.449. The predicted molar refractivity (Wildman–Crippen MR) is 98.9 cm³/mol. The second kappa shape index (κ2) is 9.01. The van der Waals surface area contributed by atoms with Gasteiger partial charge in [0.05, 0.1) is 10.4 Å². The van der Waals surface area contributed by atoms with Gasteiger partial charge in [-0.25, -0.2) is 0 Å². The molecule has 0 atom stereocenters. The Morgan fingerprint density at radius 3 is 2.57 bits per heavy atom. The molecule has 0 radical (unpaired) electrons. The van der Waals surface area contributed by atoms with Gasteiger partial charge in [0.15, 0.2) is 0 Å². The van der Waals surface area contributed by atoms with Gasteiger partial charge in [-0.05, 0) is 48.6 Å². The number of carbonyl (C=O) groups excluding carboxylic acids is 1. The Bertz CT molecular complexity index is 890. The van der Waals surface area contributed by atoms with Gasteiger partial charge in [0.25, 0.3) is 5.91 Å². The highest BCUT2D eigenvalue weighted by Crippen LogP contribution is 2.29. The van der Waals surface area contributed by atoms with Crippen LogP contribution in [0.25, 0.3) is 10.7 Å². The predicted octanol–water partition coefficient (Wildman–Crippen LogP) is 4.96. The largest absolute Gasteiger partial charge is 0.416 e. The van der Waals surface area contributed by atoms with E-state index in [2.05, 4.69) is 15.5 Å². The van der Waals surface area contributed by atoms with E-state index in [-0.39, 0.29) is 11.5 Å². The molecule has 0 aliphatic carbocycles. The van der Waals surface area contributed by atoms with Crippen molar-refractivity contribution >= 4 is 17.2 Å². The van der Waals surface area contributed by atoms with E-state index in [1.54, 1.807) is 11.3 Å². The lowest BCUT2D eigenvalue weighted by molar-refractivity contribution is -0.137. The van der Waals surface area contributed by atoms with Gasteiger partial charge >= 0.3 is 6.18 Å². The molecule has 0 saturated heterocycles. The van der Waals surface area contributed by atoms with Gasteiger partial charge in [0, 0.05) is 18.5 Å². The number of alkyl halides is 3. The Labute approximate surface area is 163 Å². The van der Waals surface area contributed by atoms with Crippen LogP contribution >= 0.6 is 11.3 Å². The van der Waals surface area contributed by atoms with Crippen molar-refractivity contribution < 1.29 is 22.5 Å². The quantitative estimate of drug-likeness (QED) is 0.534. The minimum Gasteiger partial charge on any atom is -0.352 e. The van der Waals surface area contributed by atoms with E-state index < -0.39 is 11.7 Å². The molecule has 1 amide bonds. The van der Waals surface area contributed by atoms with Gasteiger partial charge < -0.3 is 9.84 Å².